The molecule has 30 heavy (non-hydrogen) atoms. The molecule has 1 saturated carbocycles. The third kappa shape index (κ3) is 5.64. The number of thiazole rings is 1. The van der Waals surface area contributed by atoms with Crippen LogP contribution in [0.5, 0.6) is 0 Å². The van der Waals surface area contributed by atoms with Crippen molar-refractivity contribution in [3.8, 4) is 0 Å². The van der Waals surface area contributed by atoms with Gasteiger partial charge in [-0.1, -0.05) is 24.6 Å². The largest absolute Gasteiger partial charge is 0.476 e. The Morgan fingerprint density at radius 1 is 1.47 bits per heavy atom. The number of cyclic esters (lactones) is 1. The molecule has 7 nitrogen and oxygen atoms in total. The third-order valence-electron chi connectivity index (χ3n) is 6.22. The predicted molar refractivity (Wildman–Crippen MR) is 113 cm³/mol. The van der Waals surface area contributed by atoms with Crippen LogP contribution in [0.4, 0.5) is 9.18 Å². The fourth-order valence-corrected chi connectivity index (χ4v) is 6.07. The highest BCUT2D eigenvalue weighted by atomic mass is 32.2. The highest BCUT2D eigenvalue weighted by molar-refractivity contribution is 8.01. The van der Waals surface area contributed by atoms with E-state index in [4.69, 9.17) is 9.84 Å². The Morgan fingerprint density at radius 3 is 2.90 bits per heavy atom. The lowest BCUT2D eigenvalue weighted by molar-refractivity contribution is -0.0500. The Morgan fingerprint density at radius 2 is 2.27 bits per heavy atom. The molecule has 1 aliphatic heterocycles. The molecule has 2 fully saturated rings. The Labute approximate surface area is 184 Å². The highest BCUT2D eigenvalue weighted by Gasteiger charge is 2.43. The molecule has 2 N–H and O–H groups in total. The van der Waals surface area contributed by atoms with Crippen LogP contribution in [0.1, 0.15) is 61.9 Å². The number of thioether (sulfide) groups is 1. The molecule has 10 heteroatoms. The summed E-state index contributed by atoms with van der Waals surface area (Å²) < 4.78 is 18.3. The van der Waals surface area contributed by atoms with Gasteiger partial charge >= 0.3 is 12.1 Å². The third-order valence-corrected chi connectivity index (χ3v) is 8.22. The van der Waals surface area contributed by atoms with Gasteiger partial charge in [0.15, 0.2) is 10.0 Å². The van der Waals surface area contributed by atoms with E-state index < -0.39 is 12.1 Å². The van der Waals surface area contributed by atoms with Gasteiger partial charge in [0.1, 0.15) is 6.61 Å². The number of aliphatic hydroxyl groups excluding tert-OH is 1. The van der Waals surface area contributed by atoms with Crippen LogP contribution in [0.25, 0.3) is 0 Å². The maximum absolute atomic E-state index is 12.4. The molecule has 168 valence electrons. The molecular weight excluding hydrogens is 431 g/mol. The number of carboxylic acids is 1. The molecule has 1 aliphatic carbocycles. The van der Waals surface area contributed by atoms with Crippen molar-refractivity contribution in [2.75, 3.05) is 25.6 Å². The first kappa shape index (κ1) is 23.3. The molecule has 1 aromatic rings. The van der Waals surface area contributed by atoms with Crippen LogP contribution in [-0.2, 0) is 4.74 Å². The number of halogens is 1. The number of hydrogen-bond acceptors (Lipinski definition) is 7. The summed E-state index contributed by atoms with van der Waals surface area (Å²) in [7, 11) is 0. The molecule has 1 amide bonds. The van der Waals surface area contributed by atoms with Gasteiger partial charge in [-0.05, 0) is 43.9 Å². The van der Waals surface area contributed by atoms with E-state index in [0.717, 1.165) is 32.1 Å². The molecule has 0 bridgehead atoms. The first-order valence-corrected chi connectivity index (χ1v) is 12.3. The van der Waals surface area contributed by atoms with E-state index >= 15 is 0 Å². The summed E-state index contributed by atoms with van der Waals surface area (Å²) in [6, 6.07) is -0.0680. The van der Waals surface area contributed by atoms with Gasteiger partial charge < -0.3 is 19.8 Å². The second kappa shape index (κ2) is 10.8. The molecule has 2 aliphatic rings. The molecule has 3 rings (SSSR count). The van der Waals surface area contributed by atoms with E-state index in [2.05, 4.69) is 4.98 Å². The van der Waals surface area contributed by atoms with Gasteiger partial charge in [-0.15, -0.1) is 11.3 Å². The summed E-state index contributed by atoms with van der Waals surface area (Å²) in [5, 5.41) is 21.2. The van der Waals surface area contributed by atoms with Gasteiger partial charge in [0.2, 0.25) is 0 Å². The van der Waals surface area contributed by atoms with Gasteiger partial charge in [-0.25, -0.2) is 14.6 Å². The van der Waals surface area contributed by atoms with Gasteiger partial charge in [-0.2, -0.15) is 0 Å². The molecule has 0 aromatic carbocycles. The fraction of sp³-hybridized carbons (Fsp3) is 0.750. The van der Waals surface area contributed by atoms with Crippen LogP contribution in [0.2, 0.25) is 0 Å². The van der Waals surface area contributed by atoms with Gasteiger partial charge in [0.05, 0.1) is 18.8 Å². The SMILES string of the molecule is O=C(O)c1csc(SCCN2C(=O)OC[C@@H]2CC[C@@H](O)C2(CCCCF)CCC2)n1. The number of carbonyl (C=O) groups excluding carboxylic acids is 1. The number of rotatable bonds is 13. The van der Waals surface area contributed by atoms with Crippen LogP contribution in [0.3, 0.4) is 0 Å². The predicted octanol–water partition coefficient (Wildman–Crippen LogP) is 4.21. The number of ether oxygens (including phenoxy) is 1. The number of carbonyl (C=O) groups is 2. The van der Waals surface area contributed by atoms with Crippen molar-refractivity contribution in [2.45, 2.75) is 67.9 Å². The maximum Gasteiger partial charge on any atom is 0.410 e. The van der Waals surface area contributed by atoms with E-state index in [1.54, 1.807) is 4.90 Å². The number of aromatic carboxylic acids is 1. The smallest absolute Gasteiger partial charge is 0.410 e. The zero-order valence-corrected chi connectivity index (χ0v) is 18.6. The first-order valence-electron chi connectivity index (χ1n) is 10.4. The van der Waals surface area contributed by atoms with Crippen LogP contribution in [0, 0.1) is 5.41 Å². The highest BCUT2D eigenvalue weighted by Crippen LogP contribution is 2.49. The minimum absolute atomic E-state index is 0.0337. The zero-order chi connectivity index (χ0) is 21.6. The summed E-state index contributed by atoms with van der Waals surface area (Å²) in [5.74, 6) is -0.456. The van der Waals surface area contributed by atoms with Crippen LogP contribution >= 0.6 is 23.1 Å². The van der Waals surface area contributed by atoms with E-state index in [0.29, 0.717) is 42.5 Å². The van der Waals surface area contributed by atoms with E-state index in [9.17, 15) is 19.1 Å². The van der Waals surface area contributed by atoms with Crippen molar-refractivity contribution < 1.29 is 28.9 Å². The first-order chi connectivity index (χ1) is 14.4. The second-order valence-electron chi connectivity index (χ2n) is 8.03. The standard InChI is InChI=1S/C20H29FN2O5S2/c21-9-2-1-6-20(7-3-8-20)16(24)5-4-14-12-28-19(27)23(14)10-11-29-18-22-15(13-30-18)17(25)26/h13-14,16,24H,1-12H2,(H,25,26)/t14-,16+/m0/s1. The Bertz CT molecular complexity index is 728. The van der Waals surface area contributed by atoms with Crippen LogP contribution in [-0.4, -0.2) is 69.9 Å². The lowest BCUT2D eigenvalue weighted by atomic mass is 9.61. The summed E-state index contributed by atoms with van der Waals surface area (Å²) in [4.78, 5) is 28.8. The minimum atomic E-state index is -1.05. The van der Waals surface area contributed by atoms with Crippen LogP contribution in [0.15, 0.2) is 9.72 Å². The van der Waals surface area contributed by atoms with E-state index in [1.807, 2.05) is 0 Å². The molecule has 1 saturated heterocycles. The fourth-order valence-electron chi connectivity index (χ4n) is 4.26. The van der Waals surface area contributed by atoms with Crippen molar-refractivity contribution in [2.24, 2.45) is 5.41 Å². The Kier molecular flexibility index (Phi) is 8.35. The number of amides is 1. The lowest BCUT2D eigenvalue weighted by Gasteiger charge is -2.46. The van der Waals surface area contributed by atoms with Gasteiger partial charge in [0, 0.05) is 17.7 Å². The molecule has 2 atom stereocenters. The number of hydrogen-bond donors (Lipinski definition) is 2. The summed E-state index contributed by atoms with van der Waals surface area (Å²) in [6.07, 6.45) is 5.83. The summed E-state index contributed by atoms with van der Waals surface area (Å²) in [5.41, 5.74) is -0.0437. The number of carboxylic acid groups (broad SMARTS) is 1. The zero-order valence-electron chi connectivity index (χ0n) is 16.9. The van der Waals surface area contributed by atoms with Crippen molar-refractivity contribution >= 4 is 35.2 Å². The molecule has 0 unspecified atom stereocenters. The number of nitrogens with zero attached hydrogens (tertiary/aromatic N) is 2. The van der Waals surface area contributed by atoms with Crippen LogP contribution < -0.4 is 0 Å². The van der Waals surface area contributed by atoms with Crippen molar-refractivity contribution in [3.63, 3.8) is 0 Å². The minimum Gasteiger partial charge on any atom is -0.476 e. The van der Waals surface area contributed by atoms with Crippen molar-refractivity contribution in [1.82, 2.24) is 9.88 Å². The molecule has 2 heterocycles. The monoisotopic (exact) mass is 460 g/mol. The molecule has 0 radical (unpaired) electrons. The van der Waals surface area contributed by atoms with Gasteiger partial charge in [-0.3, -0.25) is 4.39 Å². The second-order valence-corrected chi connectivity index (χ2v) is 10.2. The molecule has 0 spiro atoms. The number of aromatic nitrogens is 1. The Hall–Kier alpha value is -1.39. The Balaban J connectivity index is 1.45. The summed E-state index contributed by atoms with van der Waals surface area (Å²) >= 11 is 2.69. The quantitative estimate of drug-likeness (QED) is 0.336. The van der Waals surface area contributed by atoms with E-state index in [-0.39, 0.29) is 29.9 Å². The lowest BCUT2D eigenvalue weighted by Crippen LogP contribution is -2.43. The number of aliphatic hydroxyl groups is 1. The molecule has 1 aromatic heterocycles. The normalized spacial score (nSPS) is 21.3. The average Bonchev–Trinajstić information content (AvgIpc) is 3.30. The van der Waals surface area contributed by atoms with Crippen molar-refractivity contribution in [3.05, 3.63) is 11.1 Å². The van der Waals surface area contributed by atoms with E-state index in [1.165, 1.54) is 28.5 Å². The molecular formula is C20H29FN2O5S2. The summed E-state index contributed by atoms with van der Waals surface area (Å²) in [6.45, 7) is 0.499. The number of alkyl halides is 1. The number of unbranched alkanes of at least 4 members (excludes halogenated alkanes) is 1. The van der Waals surface area contributed by atoms with Gasteiger partial charge in [0.25, 0.3) is 0 Å². The topological polar surface area (TPSA) is 100.0 Å². The van der Waals surface area contributed by atoms with Crippen molar-refractivity contribution in [1.29, 1.82) is 0 Å². The maximum atomic E-state index is 12.4. The average molecular weight is 461 g/mol.